The summed E-state index contributed by atoms with van der Waals surface area (Å²) in [6, 6.07) is 9.65. The van der Waals surface area contributed by atoms with Gasteiger partial charge in [0, 0.05) is 24.9 Å². The lowest BCUT2D eigenvalue weighted by atomic mass is 10.1. The van der Waals surface area contributed by atoms with Gasteiger partial charge in [-0.15, -0.1) is 11.3 Å². The van der Waals surface area contributed by atoms with Crippen LogP contribution in [-0.4, -0.2) is 34.7 Å². The van der Waals surface area contributed by atoms with Crippen molar-refractivity contribution >= 4 is 33.4 Å². The number of fused-ring (bicyclic) bond motifs is 1. The molecule has 2 N–H and O–H groups in total. The van der Waals surface area contributed by atoms with E-state index in [2.05, 4.69) is 15.7 Å². The molecular weight excluding hydrogens is 417 g/mol. The maximum Gasteiger partial charge on any atom is 0.435 e. The molecule has 0 aliphatic carbocycles. The van der Waals surface area contributed by atoms with Crippen LogP contribution >= 0.6 is 11.3 Å². The molecule has 2 aromatic heterocycles. The molecule has 0 spiro atoms. The molecule has 6 nitrogen and oxygen atoms in total. The third-order valence-corrected chi connectivity index (χ3v) is 5.29. The molecule has 0 aliphatic rings. The minimum Gasteiger partial charge on any atom is -0.354 e. The third-order valence-electron chi connectivity index (χ3n) is 4.18. The van der Waals surface area contributed by atoms with Gasteiger partial charge in [-0.25, -0.2) is 4.68 Å². The number of para-hydroxylation sites is 1. The molecule has 0 unspecified atom stereocenters. The number of alkyl halides is 3. The average molecular weight is 438 g/mol. The maximum atomic E-state index is 13.5. The van der Waals surface area contributed by atoms with E-state index in [0.717, 1.165) is 11.3 Å². The Hall–Kier alpha value is -2.88. The van der Waals surface area contributed by atoms with Crippen LogP contribution in [0.5, 0.6) is 0 Å². The fourth-order valence-corrected chi connectivity index (χ4v) is 3.93. The Bertz CT molecular complexity index is 1040. The molecule has 30 heavy (non-hydrogen) atoms. The van der Waals surface area contributed by atoms with Crippen molar-refractivity contribution in [2.24, 2.45) is 5.92 Å². The van der Waals surface area contributed by atoms with Crippen LogP contribution in [0.2, 0.25) is 0 Å². The van der Waals surface area contributed by atoms with Gasteiger partial charge in [0.05, 0.1) is 10.6 Å². The van der Waals surface area contributed by atoms with Crippen molar-refractivity contribution in [3.05, 3.63) is 47.0 Å². The molecule has 1 aromatic carbocycles. The van der Waals surface area contributed by atoms with Gasteiger partial charge in [-0.1, -0.05) is 32.0 Å². The molecule has 0 saturated heterocycles. The van der Waals surface area contributed by atoms with Gasteiger partial charge in [-0.2, -0.15) is 18.3 Å². The zero-order valence-electron chi connectivity index (χ0n) is 16.4. The zero-order valence-corrected chi connectivity index (χ0v) is 17.2. The second kappa shape index (κ2) is 8.86. The summed E-state index contributed by atoms with van der Waals surface area (Å²) < 4.78 is 41.6. The van der Waals surface area contributed by atoms with Gasteiger partial charge in [-0.05, 0) is 24.1 Å². The number of hydrogen-bond acceptors (Lipinski definition) is 4. The summed E-state index contributed by atoms with van der Waals surface area (Å²) in [5, 5.41) is 8.92. The van der Waals surface area contributed by atoms with Gasteiger partial charge in [-0.3, -0.25) is 9.59 Å². The van der Waals surface area contributed by atoms with Crippen LogP contribution in [0.3, 0.4) is 0 Å². The predicted octanol–water partition coefficient (Wildman–Crippen LogP) is 4.00. The average Bonchev–Trinajstić information content (AvgIpc) is 3.24. The predicted molar refractivity (Wildman–Crippen MR) is 109 cm³/mol. The lowest BCUT2D eigenvalue weighted by Crippen LogP contribution is -2.34. The highest BCUT2D eigenvalue weighted by Gasteiger charge is 2.38. The highest BCUT2D eigenvalue weighted by atomic mass is 32.1. The normalized spacial score (nSPS) is 11.8. The SMILES string of the molecule is CC(C)CC(=O)NCCNC(=O)c1cc2c(C(F)(F)F)nn(-c3ccccc3)c2s1. The summed E-state index contributed by atoms with van der Waals surface area (Å²) in [4.78, 5) is 24.4. The van der Waals surface area contributed by atoms with Crippen molar-refractivity contribution < 1.29 is 22.8 Å². The summed E-state index contributed by atoms with van der Waals surface area (Å²) in [5.41, 5.74) is -0.558. The topological polar surface area (TPSA) is 76.0 Å². The Morgan fingerprint density at radius 1 is 1.13 bits per heavy atom. The van der Waals surface area contributed by atoms with E-state index in [4.69, 9.17) is 0 Å². The standard InChI is InChI=1S/C20H21F3N4O2S/c1-12(2)10-16(28)24-8-9-25-18(29)15-11-14-17(20(21,22)23)26-27(19(14)30-15)13-6-4-3-5-7-13/h3-7,11-12H,8-10H2,1-2H3,(H,24,28)(H,25,29). The number of aromatic nitrogens is 2. The summed E-state index contributed by atoms with van der Waals surface area (Å²) >= 11 is 0.938. The first-order valence-corrected chi connectivity index (χ1v) is 10.2. The summed E-state index contributed by atoms with van der Waals surface area (Å²) in [6.07, 6.45) is -4.26. The van der Waals surface area contributed by atoms with E-state index < -0.39 is 17.8 Å². The van der Waals surface area contributed by atoms with E-state index >= 15 is 0 Å². The van der Waals surface area contributed by atoms with Crippen LogP contribution in [0.15, 0.2) is 36.4 Å². The maximum absolute atomic E-state index is 13.5. The number of nitrogens with one attached hydrogen (secondary N) is 2. The highest BCUT2D eigenvalue weighted by Crippen LogP contribution is 2.38. The highest BCUT2D eigenvalue weighted by molar-refractivity contribution is 7.20. The van der Waals surface area contributed by atoms with Gasteiger partial charge >= 0.3 is 6.18 Å². The van der Waals surface area contributed by atoms with Crippen LogP contribution in [0, 0.1) is 5.92 Å². The van der Waals surface area contributed by atoms with Crippen molar-refractivity contribution in [3.8, 4) is 5.69 Å². The van der Waals surface area contributed by atoms with Crippen molar-refractivity contribution in [2.75, 3.05) is 13.1 Å². The van der Waals surface area contributed by atoms with Crippen LogP contribution in [-0.2, 0) is 11.0 Å². The number of carbonyl (C=O) groups excluding carboxylic acids is 2. The lowest BCUT2D eigenvalue weighted by Gasteiger charge is -2.08. The minimum absolute atomic E-state index is 0.112. The van der Waals surface area contributed by atoms with E-state index in [9.17, 15) is 22.8 Å². The number of halogens is 3. The summed E-state index contributed by atoms with van der Waals surface area (Å²) in [6.45, 7) is 4.27. The lowest BCUT2D eigenvalue weighted by molar-refractivity contribution is -0.140. The third kappa shape index (κ3) is 4.99. The smallest absolute Gasteiger partial charge is 0.354 e. The summed E-state index contributed by atoms with van der Waals surface area (Å²) in [5.74, 6) is -0.383. The fraction of sp³-hybridized carbons (Fsp3) is 0.350. The first-order valence-electron chi connectivity index (χ1n) is 9.37. The molecule has 0 aliphatic heterocycles. The van der Waals surface area contributed by atoms with Crippen LogP contribution < -0.4 is 10.6 Å². The van der Waals surface area contributed by atoms with Crippen LogP contribution in [0.1, 0.15) is 35.6 Å². The van der Waals surface area contributed by atoms with Gasteiger partial charge in [0.15, 0.2) is 5.69 Å². The molecule has 0 radical (unpaired) electrons. The Balaban J connectivity index is 1.78. The van der Waals surface area contributed by atoms with Gasteiger partial charge < -0.3 is 10.6 Å². The molecule has 2 heterocycles. The Morgan fingerprint density at radius 3 is 2.43 bits per heavy atom. The van der Waals surface area contributed by atoms with Crippen LogP contribution in [0.25, 0.3) is 15.9 Å². The zero-order chi connectivity index (χ0) is 21.9. The van der Waals surface area contributed by atoms with Crippen molar-refractivity contribution in [1.29, 1.82) is 0 Å². The van der Waals surface area contributed by atoms with E-state index in [0.29, 0.717) is 12.1 Å². The molecule has 3 rings (SSSR count). The van der Waals surface area contributed by atoms with Gasteiger partial charge in [0.1, 0.15) is 4.83 Å². The van der Waals surface area contributed by atoms with Crippen molar-refractivity contribution in [1.82, 2.24) is 20.4 Å². The molecular formula is C20H21F3N4O2S. The van der Waals surface area contributed by atoms with Gasteiger partial charge in [0.25, 0.3) is 5.91 Å². The largest absolute Gasteiger partial charge is 0.435 e. The summed E-state index contributed by atoms with van der Waals surface area (Å²) in [7, 11) is 0. The fourth-order valence-electron chi connectivity index (χ4n) is 2.88. The molecule has 0 bridgehead atoms. The number of nitrogens with zero attached hydrogens (tertiary/aromatic N) is 2. The first kappa shape index (κ1) is 21.8. The molecule has 10 heteroatoms. The van der Waals surface area contributed by atoms with E-state index in [1.54, 1.807) is 30.3 Å². The molecule has 2 amide bonds. The van der Waals surface area contributed by atoms with Crippen molar-refractivity contribution in [3.63, 3.8) is 0 Å². The Morgan fingerprint density at radius 2 is 1.80 bits per heavy atom. The van der Waals surface area contributed by atoms with E-state index in [1.807, 2.05) is 13.8 Å². The number of amides is 2. The number of hydrogen-bond donors (Lipinski definition) is 2. The second-order valence-corrected chi connectivity index (χ2v) is 8.16. The monoisotopic (exact) mass is 438 g/mol. The van der Waals surface area contributed by atoms with E-state index in [1.165, 1.54) is 10.7 Å². The molecule has 0 atom stereocenters. The van der Waals surface area contributed by atoms with E-state index in [-0.39, 0.29) is 40.0 Å². The Labute approximate surface area is 175 Å². The number of benzene rings is 1. The molecule has 160 valence electrons. The molecule has 0 saturated carbocycles. The Kier molecular flexibility index (Phi) is 6.45. The van der Waals surface area contributed by atoms with Crippen molar-refractivity contribution in [2.45, 2.75) is 26.4 Å². The minimum atomic E-state index is -4.65. The van der Waals surface area contributed by atoms with Crippen LogP contribution in [0.4, 0.5) is 13.2 Å². The molecule has 0 fully saturated rings. The molecule has 3 aromatic rings. The quantitative estimate of drug-likeness (QED) is 0.548. The second-order valence-electron chi connectivity index (χ2n) is 7.13. The number of rotatable bonds is 7. The first-order chi connectivity index (χ1) is 14.2. The number of thiophene rings is 1. The number of carbonyl (C=O) groups is 2. The van der Waals surface area contributed by atoms with Gasteiger partial charge in [0.2, 0.25) is 5.91 Å².